The molecule has 1 unspecified atom stereocenters. The molecule has 0 bridgehead atoms. The number of carboxylic acids is 1. The Hall–Kier alpha value is -1.66. The number of carbonyl (C=O) groups is 1. The number of anilines is 1. The summed E-state index contributed by atoms with van der Waals surface area (Å²) in [6.07, 6.45) is 2.69. The zero-order chi connectivity index (χ0) is 13.9. The van der Waals surface area contributed by atoms with Gasteiger partial charge in [0.25, 0.3) is 0 Å². The van der Waals surface area contributed by atoms with Crippen LogP contribution in [0.5, 0.6) is 0 Å². The predicted molar refractivity (Wildman–Crippen MR) is 74.2 cm³/mol. The molecule has 0 spiro atoms. The van der Waals surface area contributed by atoms with Gasteiger partial charge in [0.2, 0.25) is 0 Å². The number of aromatic carboxylic acids is 1. The number of rotatable bonds is 3. The van der Waals surface area contributed by atoms with Gasteiger partial charge < -0.3 is 14.7 Å². The van der Waals surface area contributed by atoms with Crippen LogP contribution in [0.4, 0.5) is 5.69 Å². The molecule has 1 atom stereocenters. The Labute approximate surface area is 118 Å². The van der Waals surface area contributed by atoms with Crippen molar-refractivity contribution in [3.05, 3.63) is 24.0 Å². The normalized spacial score (nSPS) is 24.0. The third-order valence-electron chi connectivity index (χ3n) is 4.05. The minimum absolute atomic E-state index is 0.109. The van der Waals surface area contributed by atoms with E-state index >= 15 is 0 Å². The topological polar surface area (TPSA) is 65.9 Å². The van der Waals surface area contributed by atoms with Crippen molar-refractivity contribution < 1.29 is 14.6 Å². The second-order valence-electron chi connectivity index (χ2n) is 5.24. The van der Waals surface area contributed by atoms with E-state index < -0.39 is 5.97 Å². The average Bonchev–Trinajstić information content (AvgIpc) is 2.98. The van der Waals surface area contributed by atoms with E-state index in [1.165, 1.54) is 0 Å². The highest BCUT2D eigenvalue weighted by molar-refractivity contribution is 5.86. The van der Waals surface area contributed by atoms with E-state index in [4.69, 9.17) is 9.84 Å². The fourth-order valence-electron chi connectivity index (χ4n) is 2.95. The van der Waals surface area contributed by atoms with Crippen LogP contribution < -0.4 is 4.90 Å². The van der Waals surface area contributed by atoms with Gasteiger partial charge >= 0.3 is 5.97 Å². The smallest absolute Gasteiger partial charge is 0.354 e. The molecule has 0 amide bonds. The van der Waals surface area contributed by atoms with Crippen LogP contribution in [-0.4, -0.2) is 66.4 Å². The van der Waals surface area contributed by atoms with E-state index in [9.17, 15) is 4.79 Å². The number of carboxylic acid groups (broad SMARTS) is 1. The molecule has 1 N–H and O–H groups in total. The molecule has 0 aromatic carbocycles. The van der Waals surface area contributed by atoms with E-state index in [0.29, 0.717) is 6.04 Å². The highest BCUT2D eigenvalue weighted by Gasteiger charge is 2.29. The van der Waals surface area contributed by atoms with Crippen LogP contribution in [0.25, 0.3) is 0 Å². The van der Waals surface area contributed by atoms with Gasteiger partial charge in [-0.3, -0.25) is 4.90 Å². The van der Waals surface area contributed by atoms with Gasteiger partial charge in [-0.25, -0.2) is 9.78 Å². The van der Waals surface area contributed by atoms with Crippen LogP contribution in [0.15, 0.2) is 18.3 Å². The second kappa shape index (κ2) is 5.76. The molecule has 20 heavy (non-hydrogen) atoms. The Kier molecular flexibility index (Phi) is 3.84. The summed E-state index contributed by atoms with van der Waals surface area (Å²) in [7, 11) is 0. The minimum atomic E-state index is -0.976. The molecule has 108 valence electrons. The van der Waals surface area contributed by atoms with Crippen LogP contribution in [0, 0.1) is 0 Å². The predicted octanol–water partition coefficient (Wildman–Crippen LogP) is 0.691. The molecule has 1 aromatic rings. The highest BCUT2D eigenvalue weighted by atomic mass is 16.5. The number of morpholine rings is 1. The minimum Gasteiger partial charge on any atom is -0.477 e. The molecule has 6 nitrogen and oxygen atoms in total. The van der Waals surface area contributed by atoms with Crippen molar-refractivity contribution in [2.24, 2.45) is 0 Å². The molecule has 0 aliphatic carbocycles. The zero-order valence-electron chi connectivity index (χ0n) is 11.4. The molecule has 2 aliphatic heterocycles. The molecule has 1 aromatic heterocycles. The zero-order valence-corrected chi connectivity index (χ0v) is 11.4. The van der Waals surface area contributed by atoms with Gasteiger partial charge in [-0.2, -0.15) is 0 Å². The highest BCUT2D eigenvalue weighted by Crippen LogP contribution is 2.23. The number of ether oxygens (including phenoxy) is 1. The van der Waals surface area contributed by atoms with Crippen molar-refractivity contribution in [2.75, 3.05) is 44.3 Å². The fraction of sp³-hybridized carbons (Fsp3) is 0.571. The van der Waals surface area contributed by atoms with Crippen LogP contribution >= 0.6 is 0 Å². The van der Waals surface area contributed by atoms with Crippen molar-refractivity contribution in [1.82, 2.24) is 9.88 Å². The summed E-state index contributed by atoms with van der Waals surface area (Å²) in [6, 6.07) is 4.08. The first-order chi connectivity index (χ1) is 9.74. The summed E-state index contributed by atoms with van der Waals surface area (Å²) >= 11 is 0. The molecule has 3 heterocycles. The lowest BCUT2D eigenvalue weighted by atomic mass is 10.2. The SMILES string of the molecule is O=C(O)c1cc(N2CCC(N3CCOCC3)C2)ccn1. The maximum atomic E-state index is 11.0. The summed E-state index contributed by atoms with van der Waals surface area (Å²) in [5.74, 6) is -0.976. The Morgan fingerprint density at radius 3 is 2.90 bits per heavy atom. The quantitative estimate of drug-likeness (QED) is 0.877. The molecule has 0 saturated carbocycles. The van der Waals surface area contributed by atoms with Gasteiger partial charge in [0.15, 0.2) is 0 Å². The standard InChI is InChI=1S/C14H19N3O3/c18-14(19)13-9-11(1-3-15-13)17-4-2-12(10-17)16-5-7-20-8-6-16/h1,3,9,12H,2,4-8,10H2,(H,18,19). The van der Waals surface area contributed by atoms with E-state index in [0.717, 1.165) is 51.5 Å². The monoisotopic (exact) mass is 277 g/mol. The third-order valence-corrected chi connectivity index (χ3v) is 4.05. The Morgan fingerprint density at radius 1 is 1.35 bits per heavy atom. The fourth-order valence-corrected chi connectivity index (χ4v) is 2.95. The van der Waals surface area contributed by atoms with Crippen LogP contribution in [-0.2, 0) is 4.74 Å². The van der Waals surface area contributed by atoms with Crippen molar-refractivity contribution in [2.45, 2.75) is 12.5 Å². The summed E-state index contributed by atoms with van der Waals surface area (Å²) in [6.45, 7) is 5.53. The van der Waals surface area contributed by atoms with Gasteiger partial charge in [0, 0.05) is 44.1 Å². The first kappa shape index (κ1) is 13.3. The van der Waals surface area contributed by atoms with Gasteiger partial charge in [-0.05, 0) is 18.6 Å². The number of hydrogen-bond acceptors (Lipinski definition) is 5. The van der Waals surface area contributed by atoms with Crippen LogP contribution in [0.3, 0.4) is 0 Å². The van der Waals surface area contributed by atoms with E-state index in [1.807, 2.05) is 6.07 Å². The summed E-state index contributed by atoms with van der Waals surface area (Å²) < 4.78 is 5.38. The molecule has 3 rings (SSSR count). The third kappa shape index (κ3) is 2.76. The first-order valence-corrected chi connectivity index (χ1v) is 7.00. The Balaban J connectivity index is 1.67. The summed E-state index contributed by atoms with van der Waals surface area (Å²) in [5, 5.41) is 9.00. The number of aromatic nitrogens is 1. The number of nitrogens with zero attached hydrogens (tertiary/aromatic N) is 3. The van der Waals surface area contributed by atoms with Crippen molar-refractivity contribution in [3.63, 3.8) is 0 Å². The van der Waals surface area contributed by atoms with Gasteiger partial charge in [-0.1, -0.05) is 0 Å². The lowest BCUT2D eigenvalue weighted by molar-refractivity contribution is 0.0209. The van der Waals surface area contributed by atoms with Crippen molar-refractivity contribution in [3.8, 4) is 0 Å². The number of pyridine rings is 1. The maximum absolute atomic E-state index is 11.0. The second-order valence-corrected chi connectivity index (χ2v) is 5.24. The van der Waals surface area contributed by atoms with Crippen molar-refractivity contribution in [1.29, 1.82) is 0 Å². The molecule has 6 heteroatoms. The van der Waals surface area contributed by atoms with Gasteiger partial charge in [0.05, 0.1) is 13.2 Å². The molecular formula is C14H19N3O3. The molecule has 0 radical (unpaired) electrons. The van der Waals surface area contributed by atoms with E-state index in [-0.39, 0.29) is 5.69 Å². The van der Waals surface area contributed by atoms with E-state index in [2.05, 4.69) is 14.8 Å². The van der Waals surface area contributed by atoms with Crippen LogP contribution in [0.2, 0.25) is 0 Å². The van der Waals surface area contributed by atoms with Gasteiger partial charge in [-0.15, -0.1) is 0 Å². The maximum Gasteiger partial charge on any atom is 0.354 e. The molecule has 2 fully saturated rings. The number of hydrogen-bond donors (Lipinski definition) is 1. The average molecular weight is 277 g/mol. The lowest BCUT2D eigenvalue weighted by Crippen LogP contribution is -2.44. The van der Waals surface area contributed by atoms with E-state index in [1.54, 1.807) is 12.3 Å². The van der Waals surface area contributed by atoms with Crippen molar-refractivity contribution >= 4 is 11.7 Å². The molecule has 2 aliphatic rings. The van der Waals surface area contributed by atoms with Crippen LogP contribution in [0.1, 0.15) is 16.9 Å². The first-order valence-electron chi connectivity index (χ1n) is 7.00. The Morgan fingerprint density at radius 2 is 2.15 bits per heavy atom. The summed E-state index contributed by atoms with van der Waals surface area (Å²) in [5.41, 5.74) is 1.06. The Bertz CT molecular complexity index is 488. The summed E-state index contributed by atoms with van der Waals surface area (Å²) in [4.78, 5) is 19.6. The lowest BCUT2D eigenvalue weighted by Gasteiger charge is -2.32. The largest absolute Gasteiger partial charge is 0.477 e. The molecular weight excluding hydrogens is 258 g/mol. The van der Waals surface area contributed by atoms with Gasteiger partial charge in [0.1, 0.15) is 5.69 Å². The molecule has 2 saturated heterocycles.